The maximum absolute atomic E-state index is 10.4. The molecule has 142 valence electrons. The first-order valence-electron chi connectivity index (χ1n) is 8.48. The summed E-state index contributed by atoms with van der Waals surface area (Å²) in [6.45, 7) is 3.81. The third kappa shape index (κ3) is 4.62. The summed E-state index contributed by atoms with van der Waals surface area (Å²) in [7, 11) is 6.61. The first kappa shape index (κ1) is 20.4. The van der Waals surface area contributed by atoms with Gasteiger partial charge in [0.05, 0.1) is 26.4 Å². The Balaban J connectivity index is 2.61. The Morgan fingerprint density at radius 1 is 0.615 bits per heavy atom. The molecule has 0 saturated heterocycles. The molecule has 0 aliphatic heterocycles. The van der Waals surface area contributed by atoms with Crippen molar-refractivity contribution in [3.63, 3.8) is 0 Å². The van der Waals surface area contributed by atoms with Crippen LogP contribution in [0.5, 0.6) is 5.75 Å². The molecule has 0 radical (unpaired) electrons. The van der Waals surface area contributed by atoms with Gasteiger partial charge in [0.2, 0.25) is 0 Å². The van der Waals surface area contributed by atoms with Crippen LogP contribution in [0.3, 0.4) is 0 Å². The minimum Gasteiger partial charge on any atom is -0.507 e. The number of methoxy groups -OCH3 is 4. The quantitative estimate of drug-likeness (QED) is 0.734. The first-order valence-corrected chi connectivity index (χ1v) is 8.48. The van der Waals surface area contributed by atoms with Gasteiger partial charge in [0.25, 0.3) is 0 Å². The molecule has 0 saturated carbocycles. The van der Waals surface area contributed by atoms with Crippen LogP contribution in [-0.2, 0) is 45.4 Å². The van der Waals surface area contributed by atoms with Crippen LogP contribution in [0.25, 0.3) is 11.1 Å². The Morgan fingerprint density at radius 2 is 0.923 bits per heavy atom. The molecular weight excluding hydrogens is 332 g/mol. The van der Waals surface area contributed by atoms with E-state index in [1.54, 1.807) is 28.4 Å². The third-order valence-corrected chi connectivity index (χ3v) is 4.42. The van der Waals surface area contributed by atoms with Crippen LogP contribution in [0.2, 0.25) is 0 Å². The largest absolute Gasteiger partial charge is 0.507 e. The fraction of sp³-hybridized carbons (Fsp3) is 0.429. The lowest BCUT2D eigenvalue weighted by Gasteiger charge is -2.16. The minimum absolute atomic E-state index is 0.221. The normalized spacial score (nSPS) is 11.1. The lowest BCUT2D eigenvalue weighted by Crippen LogP contribution is -2.01. The molecule has 0 spiro atoms. The number of aromatic hydroxyl groups is 1. The van der Waals surface area contributed by atoms with Gasteiger partial charge < -0.3 is 24.1 Å². The molecule has 2 rings (SSSR count). The van der Waals surface area contributed by atoms with E-state index in [0.29, 0.717) is 26.4 Å². The van der Waals surface area contributed by atoms with Crippen molar-refractivity contribution < 1.29 is 24.1 Å². The van der Waals surface area contributed by atoms with E-state index in [1.165, 1.54) is 5.56 Å². The van der Waals surface area contributed by atoms with Gasteiger partial charge in [-0.2, -0.15) is 0 Å². The number of phenols is 1. The molecule has 0 aliphatic rings. The Bertz CT molecular complexity index is 622. The average molecular weight is 360 g/mol. The summed E-state index contributed by atoms with van der Waals surface area (Å²) in [6.07, 6.45) is 0. The summed E-state index contributed by atoms with van der Waals surface area (Å²) in [5, 5.41) is 10.4. The van der Waals surface area contributed by atoms with Gasteiger partial charge in [-0.05, 0) is 59.0 Å². The Hall–Kier alpha value is -1.92. The molecule has 2 aromatic carbocycles. The van der Waals surface area contributed by atoms with Gasteiger partial charge >= 0.3 is 0 Å². The van der Waals surface area contributed by atoms with Crippen molar-refractivity contribution in [1.29, 1.82) is 0 Å². The lowest BCUT2D eigenvalue weighted by molar-refractivity contribution is 0.174. The number of ether oxygens (including phenoxy) is 4. The highest BCUT2D eigenvalue weighted by atomic mass is 16.5. The zero-order valence-corrected chi connectivity index (χ0v) is 16.2. The number of phenolic OH excluding ortho intramolecular Hbond substituents is 1. The molecule has 0 fully saturated rings. The maximum Gasteiger partial charge on any atom is 0.126 e. The second-order valence-electron chi connectivity index (χ2n) is 6.29. The summed E-state index contributed by atoms with van der Waals surface area (Å²) < 4.78 is 21.2. The van der Waals surface area contributed by atoms with Crippen LogP contribution in [0.15, 0.2) is 24.3 Å². The van der Waals surface area contributed by atoms with Gasteiger partial charge in [-0.1, -0.05) is 0 Å². The van der Waals surface area contributed by atoms with Crippen molar-refractivity contribution in [2.24, 2.45) is 0 Å². The van der Waals surface area contributed by atoms with Gasteiger partial charge in [0.15, 0.2) is 0 Å². The van der Waals surface area contributed by atoms with Gasteiger partial charge in [0, 0.05) is 39.6 Å². The van der Waals surface area contributed by atoms with E-state index in [1.807, 2.05) is 12.1 Å². The fourth-order valence-corrected chi connectivity index (χ4v) is 3.08. The molecule has 0 aliphatic carbocycles. The van der Waals surface area contributed by atoms with Crippen molar-refractivity contribution in [3.8, 4) is 16.9 Å². The SMILES string of the molecule is COCc1cc(-c2cc(COC)c(O)c(COC)c2)cc(COC)c1C. The molecular formula is C21H28O5. The zero-order valence-electron chi connectivity index (χ0n) is 16.2. The Labute approximate surface area is 155 Å². The number of rotatable bonds is 9. The predicted octanol–water partition coefficient (Wildman–Crippen LogP) is 3.95. The first-order chi connectivity index (χ1) is 12.5. The summed E-state index contributed by atoms with van der Waals surface area (Å²) in [4.78, 5) is 0. The Morgan fingerprint density at radius 3 is 1.27 bits per heavy atom. The van der Waals surface area contributed by atoms with E-state index in [4.69, 9.17) is 18.9 Å². The summed E-state index contributed by atoms with van der Waals surface area (Å²) >= 11 is 0. The Kier molecular flexibility index (Phi) is 7.60. The van der Waals surface area contributed by atoms with Crippen molar-refractivity contribution in [2.45, 2.75) is 33.4 Å². The van der Waals surface area contributed by atoms with Crippen LogP contribution in [0, 0.1) is 6.92 Å². The van der Waals surface area contributed by atoms with E-state index in [2.05, 4.69) is 19.1 Å². The standard InChI is InChI=1S/C21H28O5/c1-14-17(10-23-2)6-15(7-18(14)11-24-3)16-8-19(12-25-4)21(22)20(9-16)13-26-5/h6-9,22H,10-13H2,1-5H3. The van der Waals surface area contributed by atoms with E-state index >= 15 is 0 Å². The number of hydrogen-bond acceptors (Lipinski definition) is 5. The van der Waals surface area contributed by atoms with Gasteiger partial charge in [-0.3, -0.25) is 0 Å². The smallest absolute Gasteiger partial charge is 0.126 e. The molecule has 0 atom stereocenters. The summed E-state index contributed by atoms with van der Waals surface area (Å²) in [5.41, 5.74) is 6.92. The highest BCUT2D eigenvalue weighted by molar-refractivity contribution is 5.69. The van der Waals surface area contributed by atoms with Crippen LogP contribution in [-0.4, -0.2) is 33.5 Å². The van der Waals surface area contributed by atoms with Crippen LogP contribution in [0.4, 0.5) is 0 Å². The van der Waals surface area contributed by atoms with Crippen molar-refractivity contribution in [2.75, 3.05) is 28.4 Å². The van der Waals surface area contributed by atoms with E-state index in [0.717, 1.165) is 33.4 Å². The predicted molar refractivity (Wildman–Crippen MR) is 101 cm³/mol. The second-order valence-corrected chi connectivity index (χ2v) is 6.29. The molecule has 2 aromatic rings. The lowest BCUT2D eigenvalue weighted by atomic mass is 9.93. The number of benzene rings is 2. The molecule has 0 bridgehead atoms. The third-order valence-electron chi connectivity index (χ3n) is 4.42. The van der Waals surface area contributed by atoms with Crippen molar-refractivity contribution in [1.82, 2.24) is 0 Å². The topological polar surface area (TPSA) is 57.2 Å². The van der Waals surface area contributed by atoms with Crippen LogP contribution in [0.1, 0.15) is 27.8 Å². The van der Waals surface area contributed by atoms with Gasteiger partial charge in [-0.25, -0.2) is 0 Å². The summed E-state index contributed by atoms with van der Waals surface area (Å²) in [5.74, 6) is 0.221. The second kappa shape index (κ2) is 9.69. The highest BCUT2D eigenvalue weighted by Gasteiger charge is 2.14. The van der Waals surface area contributed by atoms with E-state index in [-0.39, 0.29) is 5.75 Å². The molecule has 1 N–H and O–H groups in total. The minimum atomic E-state index is 0.221. The van der Waals surface area contributed by atoms with E-state index in [9.17, 15) is 5.11 Å². The van der Waals surface area contributed by atoms with Crippen molar-refractivity contribution in [3.05, 3.63) is 52.1 Å². The maximum atomic E-state index is 10.4. The van der Waals surface area contributed by atoms with Crippen LogP contribution < -0.4 is 0 Å². The van der Waals surface area contributed by atoms with Crippen molar-refractivity contribution >= 4 is 0 Å². The van der Waals surface area contributed by atoms with Gasteiger partial charge in [-0.15, -0.1) is 0 Å². The molecule has 26 heavy (non-hydrogen) atoms. The van der Waals surface area contributed by atoms with Crippen LogP contribution >= 0.6 is 0 Å². The molecule has 5 nitrogen and oxygen atoms in total. The average Bonchev–Trinajstić information content (AvgIpc) is 2.62. The van der Waals surface area contributed by atoms with E-state index < -0.39 is 0 Å². The highest BCUT2D eigenvalue weighted by Crippen LogP contribution is 2.33. The molecule has 0 unspecified atom stereocenters. The van der Waals surface area contributed by atoms with Gasteiger partial charge in [0.1, 0.15) is 5.75 Å². The molecule has 0 heterocycles. The monoisotopic (exact) mass is 360 g/mol. The molecule has 0 aromatic heterocycles. The fourth-order valence-electron chi connectivity index (χ4n) is 3.08. The summed E-state index contributed by atoms with van der Waals surface area (Å²) in [6, 6.07) is 8.15. The molecule has 0 amide bonds. The zero-order chi connectivity index (χ0) is 19.1. The number of hydrogen-bond donors (Lipinski definition) is 1. The molecule has 5 heteroatoms.